The summed E-state index contributed by atoms with van der Waals surface area (Å²) in [4.78, 5) is 19.8. The minimum absolute atomic E-state index is 0.00792. The molecule has 4 rings (SSSR count). The van der Waals surface area contributed by atoms with Gasteiger partial charge in [-0.2, -0.15) is 4.98 Å². The highest BCUT2D eigenvalue weighted by atomic mass is 16.6. The second-order valence-corrected chi connectivity index (χ2v) is 6.49. The standard InChI is InChI=1S/C18H19N5O2/c1-12-11-22(13-6-2-3-7-13)17-14(12)10-19-18(21-17)20-15-8-4-5-9-16(15)23(24)25/h4-5,8-11,13H,2-3,6-7H2,1H3,(H,19,20,21). The minimum Gasteiger partial charge on any atom is -0.329 e. The molecule has 1 aromatic carbocycles. The van der Waals surface area contributed by atoms with E-state index < -0.39 is 4.92 Å². The average molecular weight is 337 g/mol. The Kier molecular flexibility index (Phi) is 3.83. The van der Waals surface area contributed by atoms with Gasteiger partial charge in [-0.05, 0) is 31.4 Å². The largest absolute Gasteiger partial charge is 0.329 e. The summed E-state index contributed by atoms with van der Waals surface area (Å²) in [6, 6.07) is 6.99. The second kappa shape index (κ2) is 6.16. The molecule has 128 valence electrons. The van der Waals surface area contributed by atoms with Crippen LogP contribution in [0, 0.1) is 17.0 Å². The number of nitro benzene ring substituents is 1. The van der Waals surface area contributed by atoms with Crippen molar-refractivity contribution in [1.29, 1.82) is 0 Å². The van der Waals surface area contributed by atoms with Gasteiger partial charge in [0.15, 0.2) is 0 Å². The van der Waals surface area contributed by atoms with Crippen molar-refractivity contribution in [1.82, 2.24) is 14.5 Å². The van der Waals surface area contributed by atoms with Gasteiger partial charge in [0.25, 0.3) is 5.69 Å². The molecule has 0 bridgehead atoms. The van der Waals surface area contributed by atoms with E-state index in [1.165, 1.54) is 31.7 Å². The molecule has 2 heterocycles. The number of hydrogen-bond acceptors (Lipinski definition) is 5. The van der Waals surface area contributed by atoms with E-state index in [0.717, 1.165) is 16.6 Å². The summed E-state index contributed by atoms with van der Waals surface area (Å²) in [5.74, 6) is 0.374. The van der Waals surface area contributed by atoms with Crippen molar-refractivity contribution >= 4 is 28.4 Å². The molecule has 0 atom stereocenters. The number of fused-ring (bicyclic) bond motifs is 1. The van der Waals surface area contributed by atoms with Crippen molar-refractivity contribution in [2.45, 2.75) is 38.6 Å². The smallest absolute Gasteiger partial charge is 0.292 e. The van der Waals surface area contributed by atoms with Crippen molar-refractivity contribution in [2.75, 3.05) is 5.32 Å². The maximum atomic E-state index is 11.2. The van der Waals surface area contributed by atoms with E-state index in [1.807, 2.05) is 0 Å². The zero-order chi connectivity index (χ0) is 17.4. The molecule has 7 nitrogen and oxygen atoms in total. The summed E-state index contributed by atoms with van der Waals surface area (Å²) >= 11 is 0. The molecule has 1 fully saturated rings. The molecule has 2 aromatic heterocycles. The molecule has 7 heteroatoms. The molecule has 1 aliphatic carbocycles. The fourth-order valence-electron chi connectivity index (χ4n) is 3.57. The Balaban J connectivity index is 1.74. The third-order valence-electron chi connectivity index (χ3n) is 4.84. The van der Waals surface area contributed by atoms with E-state index in [-0.39, 0.29) is 5.69 Å². The maximum Gasteiger partial charge on any atom is 0.292 e. The second-order valence-electron chi connectivity index (χ2n) is 6.49. The van der Waals surface area contributed by atoms with Crippen LogP contribution in [0.4, 0.5) is 17.3 Å². The molecule has 1 saturated carbocycles. The molecular weight excluding hydrogens is 318 g/mol. The Labute approximate surface area is 144 Å². The first kappa shape index (κ1) is 15.6. The summed E-state index contributed by atoms with van der Waals surface area (Å²) in [6.07, 6.45) is 8.76. The number of nitrogens with zero attached hydrogens (tertiary/aromatic N) is 4. The van der Waals surface area contributed by atoms with E-state index in [1.54, 1.807) is 24.4 Å². The third kappa shape index (κ3) is 2.82. The van der Waals surface area contributed by atoms with Gasteiger partial charge in [0.2, 0.25) is 5.95 Å². The van der Waals surface area contributed by atoms with E-state index in [2.05, 4.69) is 33.0 Å². The Morgan fingerprint density at radius 3 is 2.80 bits per heavy atom. The number of para-hydroxylation sites is 2. The SMILES string of the molecule is Cc1cn(C2CCCC2)c2nc(Nc3ccccc3[N+](=O)[O-])ncc12. The molecule has 0 aliphatic heterocycles. The van der Waals surface area contributed by atoms with E-state index in [0.29, 0.717) is 17.7 Å². The zero-order valence-corrected chi connectivity index (χ0v) is 14.0. The zero-order valence-electron chi connectivity index (χ0n) is 14.0. The van der Waals surface area contributed by atoms with Crippen LogP contribution in [-0.2, 0) is 0 Å². The molecule has 0 unspecified atom stereocenters. The molecule has 0 saturated heterocycles. The third-order valence-corrected chi connectivity index (χ3v) is 4.84. The van der Waals surface area contributed by atoms with Crippen LogP contribution in [0.15, 0.2) is 36.7 Å². The fourth-order valence-corrected chi connectivity index (χ4v) is 3.57. The van der Waals surface area contributed by atoms with Gasteiger partial charge in [-0.3, -0.25) is 10.1 Å². The van der Waals surface area contributed by atoms with Crippen LogP contribution in [-0.4, -0.2) is 19.5 Å². The van der Waals surface area contributed by atoms with E-state index in [9.17, 15) is 10.1 Å². The maximum absolute atomic E-state index is 11.2. The van der Waals surface area contributed by atoms with Crippen LogP contribution in [0.25, 0.3) is 11.0 Å². The molecule has 0 radical (unpaired) electrons. The van der Waals surface area contributed by atoms with E-state index in [4.69, 9.17) is 0 Å². The number of anilines is 2. The summed E-state index contributed by atoms with van der Waals surface area (Å²) in [5, 5.41) is 15.2. The van der Waals surface area contributed by atoms with Gasteiger partial charge in [0.1, 0.15) is 11.3 Å². The number of benzene rings is 1. The van der Waals surface area contributed by atoms with Crippen molar-refractivity contribution in [3.05, 3.63) is 52.3 Å². The van der Waals surface area contributed by atoms with Crippen LogP contribution < -0.4 is 5.32 Å². The number of nitro groups is 1. The number of nitrogens with one attached hydrogen (secondary N) is 1. The first-order valence-corrected chi connectivity index (χ1v) is 8.48. The summed E-state index contributed by atoms with van der Waals surface area (Å²) in [6.45, 7) is 2.06. The van der Waals surface area contributed by atoms with Gasteiger partial charge in [0.05, 0.1) is 4.92 Å². The lowest BCUT2D eigenvalue weighted by Crippen LogP contribution is -2.06. The highest BCUT2D eigenvalue weighted by Gasteiger charge is 2.21. The first-order chi connectivity index (χ1) is 12.1. The Bertz CT molecular complexity index is 944. The van der Waals surface area contributed by atoms with Crippen LogP contribution >= 0.6 is 0 Å². The lowest BCUT2D eigenvalue weighted by molar-refractivity contribution is -0.383. The lowest BCUT2D eigenvalue weighted by Gasteiger charge is -2.13. The molecule has 25 heavy (non-hydrogen) atoms. The van der Waals surface area contributed by atoms with E-state index >= 15 is 0 Å². The summed E-state index contributed by atoms with van der Waals surface area (Å²) < 4.78 is 2.24. The molecule has 0 spiro atoms. The Hall–Kier alpha value is -2.96. The normalized spacial score (nSPS) is 14.9. The van der Waals surface area contributed by atoms with Crippen molar-refractivity contribution in [3.63, 3.8) is 0 Å². The number of aryl methyl sites for hydroxylation is 1. The summed E-state index contributed by atoms with van der Waals surface area (Å²) in [7, 11) is 0. The number of rotatable bonds is 4. The van der Waals surface area contributed by atoms with Gasteiger partial charge < -0.3 is 9.88 Å². The lowest BCUT2D eigenvalue weighted by atomic mass is 10.2. The first-order valence-electron chi connectivity index (χ1n) is 8.48. The summed E-state index contributed by atoms with van der Waals surface area (Å²) in [5.41, 5.74) is 2.44. The van der Waals surface area contributed by atoms with Gasteiger partial charge in [-0.25, -0.2) is 4.98 Å². The minimum atomic E-state index is -0.410. The van der Waals surface area contributed by atoms with Gasteiger partial charge in [0, 0.05) is 29.9 Å². The Morgan fingerprint density at radius 2 is 2.04 bits per heavy atom. The van der Waals surface area contributed by atoms with Crippen LogP contribution in [0.5, 0.6) is 0 Å². The number of hydrogen-bond donors (Lipinski definition) is 1. The van der Waals surface area contributed by atoms with Crippen molar-refractivity contribution in [2.24, 2.45) is 0 Å². The monoisotopic (exact) mass is 337 g/mol. The molecule has 1 aliphatic rings. The van der Waals surface area contributed by atoms with Crippen molar-refractivity contribution in [3.8, 4) is 0 Å². The molecule has 3 aromatic rings. The van der Waals surface area contributed by atoms with Crippen LogP contribution in [0.1, 0.15) is 37.3 Å². The van der Waals surface area contributed by atoms with Gasteiger partial charge in [-0.15, -0.1) is 0 Å². The highest BCUT2D eigenvalue weighted by molar-refractivity contribution is 5.81. The molecular formula is C18H19N5O2. The predicted octanol–water partition coefficient (Wildman–Crippen LogP) is 4.51. The van der Waals surface area contributed by atoms with Crippen molar-refractivity contribution < 1.29 is 4.92 Å². The predicted molar refractivity (Wildman–Crippen MR) is 96.1 cm³/mol. The fraction of sp³-hybridized carbons (Fsp3) is 0.333. The molecule has 0 amide bonds. The van der Waals surface area contributed by atoms with Gasteiger partial charge in [-0.1, -0.05) is 25.0 Å². The Morgan fingerprint density at radius 1 is 1.28 bits per heavy atom. The van der Waals surface area contributed by atoms with Crippen LogP contribution in [0.2, 0.25) is 0 Å². The highest BCUT2D eigenvalue weighted by Crippen LogP contribution is 2.34. The van der Waals surface area contributed by atoms with Gasteiger partial charge >= 0.3 is 0 Å². The molecule has 1 N–H and O–H groups in total. The average Bonchev–Trinajstić information content (AvgIpc) is 3.23. The number of aromatic nitrogens is 3. The quantitative estimate of drug-likeness (QED) is 0.559. The topological polar surface area (TPSA) is 85.9 Å². The van der Waals surface area contributed by atoms with Crippen LogP contribution in [0.3, 0.4) is 0 Å².